The maximum absolute atomic E-state index is 4.28. The van der Waals surface area contributed by atoms with Crippen LogP contribution >= 0.6 is 11.8 Å². The van der Waals surface area contributed by atoms with Gasteiger partial charge in [-0.1, -0.05) is 25.1 Å². The van der Waals surface area contributed by atoms with Gasteiger partial charge in [0.25, 0.3) is 0 Å². The minimum Gasteiger partial charge on any atom is -0.340 e. The van der Waals surface area contributed by atoms with Crippen molar-refractivity contribution in [3.8, 4) is 0 Å². The summed E-state index contributed by atoms with van der Waals surface area (Å²) in [4.78, 5) is 7.46. The van der Waals surface area contributed by atoms with Crippen LogP contribution in [-0.4, -0.2) is 27.8 Å². The van der Waals surface area contributed by atoms with Crippen LogP contribution in [0.15, 0.2) is 17.6 Å². The number of hydrogen-bond donors (Lipinski definition) is 2. The Morgan fingerprint density at radius 1 is 1.56 bits per heavy atom. The van der Waals surface area contributed by atoms with Gasteiger partial charge in [0.15, 0.2) is 5.16 Å². The highest BCUT2D eigenvalue weighted by Crippen LogP contribution is 2.31. The van der Waals surface area contributed by atoms with Crippen LogP contribution in [0.25, 0.3) is 0 Å². The fourth-order valence-electron chi connectivity index (χ4n) is 2.26. The van der Waals surface area contributed by atoms with E-state index in [4.69, 9.17) is 0 Å². The van der Waals surface area contributed by atoms with E-state index in [0.29, 0.717) is 0 Å². The van der Waals surface area contributed by atoms with Crippen molar-refractivity contribution >= 4 is 11.8 Å². The van der Waals surface area contributed by atoms with Crippen LogP contribution in [0.5, 0.6) is 0 Å². The summed E-state index contributed by atoms with van der Waals surface area (Å²) in [6.07, 6.45) is 10.3. The lowest BCUT2D eigenvalue weighted by Crippen LogP contribution is -2.35. The zero-order chi connectivity index (χ0) is 11.2. The first-order valence-corrected chi connectivity index (χ1v) is 7.16. The van der Waals surface area contributed by atoms with Gasteiger partial charge in [-0.25, -0.2) is 4.98 Å². The predicted octanol–water partition coefficient (Wildman–Crippen LogP) is 2.81. The van der Waals surface area contributed by atoms with Gasteiger partial charge in [-0.05, 0) is 32.2 Å². The zero-order valence-electron chi connectivity index (χ0n) is 9.91. The van der Waals surface area contributed by atoms with Crippen molar-refractivity contribution in [2.45, 2.75) is 55.5 Å². The third kappa shape index (κ3) is 3.52. The molecule has 2 unspecified atom stereocenters. The van der Waals surface area contributed by atoms with Crippen LogP contribution in [0.4, 0.5) is 0 Å². The van der Waals surface area contributed by atoms with E-state index in [-0.39, 0.29) is 0 Å². The van der Waals surface area contributed by atoms with Gasteiger partial charge in [0.05, 0.1) is 0 Å². The molecule has 2 atom stereocenters. The summed E-state index contributed by atoms with van der Waals surface area (Å²) in [6.45, 7) is 3.38. The molecule has 1 aromatic rings. The van der Waals surface area contributed by atoms with Crippen LogP contribution in [0.2, 0.25) is 0 Å². The summed E-state index contributed by atoms with van der Waals surface area (Å²) in [6, 6.07) is 0.723. The van der Waals surface area contributed by atoms with E-state index in [0.717, 1.165) is 23.0 Å². The predicted molar refractivity (Wildman–Crippen MR) is 68.8 cm³/mol. The van der Waals surface area contributed by atoms with E-state index >= 15 is 0 Å². The number of hydrogen-bond acceptors (Lipinski definition) is 3. The summed E-state index contributed by atoms with van der Waals surface area (Å²) in [7, 11) is 0. The Kier molecular flexibility index (Phi) is 4.72. The quantitative estimate of drug-likeness (QED) is 0.830. The summed E-state index contributed by atoms with van der Waals surface area (Å²) in [5.74, 6) is 0. The van der Waals surface area contributed by atoms with Crippen molar-refractivity contribution < 1.29 is 0 Å². The lowest BCUT2D eigenvalue weighted by Gasteiger charge is -2.28. The molecule has 1 aliphatic carbocycles. The van der Waals surface area contributed by atoms with E-state index < -0.39 is 0 Å². The Balaban J connectivity index is 1.77. The first-order valence-electron chi connectivity index (χ1n) is 6.28. The van der Waals surface area contributed by atoms with E-state index in [1.807, 2.05) is 24.2 Å². The second-order valence-corrected chi connectivity index (χ2v) is 5.74. The fourth-order valence-corrected chi connectivity index (χ4v) is 3.45. The third-order valence-electron chi connectivity index (χ3n) is 3.06. The lowest BCUT2D eigenvalue weighted by molar-refractivity contribution is 0.381. The summed E-state index contributed by atoms with van der Waals surface area (Å²) in [5, 5.41) is 5.44. The standard InChI is InChI=1S/C12H21N3S/c1-2-6-13-10-4-3-5-11(9-10)16-12-14-7-8-15-12/h7-8,10-11,13H,2-6,9H2,1H3,(H,14,15). The highest BCUT2D eigenvalue weighted by Gasteiger charge is 2.22. The molecule has 2 rings (SSSR count). The average molecular weight is 239 g/mol. The van der Waals surface area contributed by atoms with E-state index in [2.05, 4.69) is 22.2 Å². The number of aromatic amines is 1. The van der Waals surface area contributed by atoms with E-state index in [1.165, 1.54) is 32.1 Å². The van der Waals surface area contributed by atoms with Crippen LogP contribution in [0.3, 0.4) is 0 Å². The average Bonchev–Trinajstić information content (AvgIpc) is 2.80. The Morgan fingerprint density at radius 3 is 3.25 bits per heavy atom. The van der Waals surface area contributed by atoms with Crippen LogP contribution in [0.1, 0.15) is 39.0 Å². The first-order chi connectivity index (χ1) is 7.88. The van der Waals surface area contributed by atoms with Gasteiger partial charge in [0.1, 0.15) is 0 Å². The molecule has 0 spiro atoms. The Bertz CT molecular complexity index is 286. The second kappa shape index (κ2) is 6.30. The van der Waals surface area contributed by atoms with Crippen molar-refractivity contribution in [3.63, 3.8) is 0 Å². The van der Waals surface area contributed by atoms with E-state index in [9.17, 15) is 0 Å². The molecule has 0 saturated heterocycles. The molecular weight excluding hydrogens is 218 g/mol. The fraction of sp³-hybridized carbons (Fsp3) is 0.750. The Morgan fingerprint density at radius 2 is 2.50 bits per heavy atom. The molecule has 0 radical (unpaired) electrons. The lowest BCUT2D eigenvalue weighted by atomic mass is 9.95. The molecule has 4 heteroatoms. The topological polar surface area (TPSA) is 40.7 Å². The number of thioether (sulfide) groups is 1. The summed E-state index contributed by atoms with van der Waals surface area (Å²) >= 11 is 1.90. The molecule has 0 bridgehead atoms. The van der Waals surface area contributed by atoms with Gasteiger partial charge in [-0.15, -0.1) is 0 Å². The van der Waals surface area contributed by atoms with Crippen molar-refractivity contribution in [1.29, 1.82) is 0 Å². The number of nitrogens with one attached hydrogen (secondary N) is 2. The molecule has 1 saturated carbocycles. The third-order valence-corrected chi connectivity index (χ3v) is 4.27. The highest BCUT2D eigenvalue weighted by molar-refractivity contribution is 7.99. The highest BCUT2D eigenvalue weighted by atomic mass is 32.2. The maximum Gasteiger partial charge on any atom is 0.165 e. The smallest absolute Gasteiger partial charge is 0.165 e. The van der Waals surface area contributed by atoms with Gasteiger partial charge >= 0.3 is 0 Å². The van der Waals surface area contributed by atoms with Gasteiger partial charge in [-0.3, -0.25) is 0 Å². The van der Waals surface area contributed by atoms with Crippen molar-refractivity contribution in [2.24, 2.45) is 0 Å². The van der Waals surface area contributed by atoms with Gasteiger partial charge in [-0.2, -0.15) is 0 Å². The second-order valence-electron chi connectivity index (χ2n) is 4.45. The molecule has 3 nitrogen and oxygen atoms in total. The van der Waals surface area contributed by atoms with Crippen LogP contribution < -0.4 is 5.32 Å². The zero-order valence-corrected chi connectivity index (χ0v) is 10.7. The van der Waals surface area contributed by atoms with Crippen molar-refractivity contribution in [2.75, 3.05) is 6.54 Å². The number of rotatable bonds is 5. The maximum atomic E-state index is 4.28. The molecule has 1 aromatic heterocycles. The molecule has 16 heavy (non-hydrogen) atoms. The summed E-state index contributed by atoms with van der Waals surface area (Å²) < 4.78 is 0. The number of H-pyrrole nitrogens is 1. The van der Waals surface area contributed by atoms with Crippen LogP contribution in [-0.2, 0) is 0 Å². The first kappa shape index (κ1) is 12.0. The normalized spacial score (nSPS) is 25.8. The molecule has 0 amide bonds. The number of aromatic nitrogens is 2. The molecular formula is C12H21N3S. The largest absolute Gasteiger partial charge is 0.340 e. The molecule has 0 aliphatic heterocycles. The molecule has 2 N–H and O–H groups in total. The van der Waals surface area contributed by atoms with Crippen molar-refractivity contribution in [1.82, 2.24) is 15.3 Å². The van der Waals surface area contributed by atoms with Crippen molar-refractivity contribution in [3.05, 3.63) is 12.4 Å². The minimum absolute atomic E-state index is 0.723. The molecule has 1 heterocycles. The van der Waals surface area contributed by atoms with Gasteiger partial charge in [0.2, 0.25) is 0 Å². The summed E-state index contributed by atoms with van der Waals surface area (Å²) in [5.41, 5.74) is 0. The van der Waals surface area contributed by atoms with E-state index in [1.54, 1.807) is 0 Å². The minimum atomic E-state index is 0.723. The Hall–Kier alpha value is -0.480. The molecule has 0 aromatic carbocycles. The molecule has 90 valence electrons. The van der Waals surface area contributed by atoms with Gasteiger partial charge < -0.3 is 10.3 Å². The molecule has 1 aliphatic rings. The Labute approximate surface area is 102 Å². The monoisotopic (exact) mass is 239 g/mol. The molecule has 1 fully saturated rings. The van der Waals surface area contributed by atoms with Gasteiger partial charge in [0, 0.05) is 23.7 Å². The SMILES string of the molecule is CCCNC1CCCC(Sc2ncc[nH]2)C1. The van der Waals surface area contributed by atoms with Crippen LogP contribution in [0, 0.1) is 0 Å². The number of nitrogens with zero attached hydrogens (tertiary/aromatic N) is 1. The number of imidazole rings is 1.